The number of aliphatic hydroxyl groups excluding tert-OH is 1. The van der Waals surface area contributed by atoms with Crippen LogP contribution in [0, 0.1) is 11.6 Å². The van der Waals surface area contributed by atoms with Crippen LogP contribution in [-0.4, -0.2) is 34.3 Å². The van der Waals surface area contributed by atoms with Gasteiger partial charge in [0.1, 0.15) is 17.7 Å². The third-order valence-corrected chi connectivity index (χ3v) is 5.92. The van der Waals surface area contributed by atoms with Gasteiger partial charge >= 0.3 is 0 Å². The zero-order valence-corrected chi connectivity index (χ0v) is 18.1. The molecule has 0 amide bonds. The highest BCUT2D eigenvalue weighted by Gasteiger charge is 2.23. The van der Waals surface area contributed by atoms with E-state index >= 15 is 0 Å². The van der Waals surface area contributed by atoms with Crippen molar-refractivity contribution in [2.75, 3.05) is 18.8 Å². The van der Waals surface area contributed by atoms with Crippen LogP contribution in [0.2, 0.25) is 5.02 Å². The Balaban J connectivity index is 1.56. The molecule has 1 aliphatic rings. The number of benzene rings is 1. The molecule has 3 atom stereocenters. The van der Waals surface area contributed by atoms with Gasteiger partial charge in [0.25, 0.3) is 0 Å². The SMILES string of the molecule is CC(Oc1cc(-c2ccc(C3CNCC(O)C3)nc2)cnc1N)c1c(F)ccc(F)c1Cl. The predicted octanol–water partition coefficient (Wildman–Crippen LogP) is 4.24. The molecular formula is C23H23ClF2N4O2. The van der Waals surface area contributed by atoms with E-state index in [0.717, 1.165) is 29.9 Å². The van der Waals surface area contributed by atoms with E-state index in [1.165, 1.54) is 0 Å². The summed E-state index contributed by atoms with van der Waals surface area (Å²) in [4.78, 5) is 8.71. The summed E-state index contributed by atoms with van der Waals surface area (Å²) >= 11 is 5.94. The number of ether oxygens (including phenoxy) is 1. The highest BCUT2D eigenvalue weighted by atomic mass is 35.5. The maximum atomic E-state index is 14.2. The Morgan fingerprint density at radius 2 is 1.88 bits per heavy atom. The molecular weight excluding hydrogens is 438 g/mol. The Labute approximate surface area is 189 Å². The zero-order chi connectivity index (χ0) is 22.8. The summed E-state index contributed by atoms with van der Waals surface area (Å²) in [5.74, 6) is -0.930. The van der Waals surface area contributed by atoms with Crippen molar-refractivity contribution in [3.63, 3.8) is 0 Å². The molecule has 6 nitrogen and oxygen atoms in total. The average molecular weight is 461 g/mol. The first-order valence-corrected chi connectivity index (χ1v) is 10.6. The molecule has 0 saturated carbocycles. The number of nitrogens with two attached hydrogens (primary N) is 1. The smallest absolute Gasteiger partial charge is 0.166 e. The number of hydrogen-bond donors (Lipinski definition) is 3. The minimum Gasteiger partial charge on any atom is -0.482 e. The molecule has 32 heavy (non-hydrogen) atoms. The third-order valence-electron chi connectivity index (χ3n) is 5.54. The molecule has 0 radical (unpaired) electrons. The van der Waals surface area contributed by atoms with E-state index in [9.17, 15) is 13.9 Å². The number of piperidine rings is 1. The third kappa shape index (κ3) is 4.67. The van der Waals surface area contributed by atoms with Crippen molar-refractivity contribution in [2.45, 2.75) is 31.5 Å². The summed E-state index contributed by atoms with van der Waals surface area (Å²) in [6, 6.07) is 7.47. The number of nitrogen functional groups attached to an aromatic ring is 1. The van der Waals surface area contributed by atoms with E-state index in [4.69, 9.17) is 22.1 Å². The van der Waals surface area contributed by atoms with Crippen LogP contribution in [0.25, 0.3) is 11.1 Å². The van der Waals surface area contributed by atoms with Gasteiger partial charge in [-0.2, -0.15) is 0 Å². The van der Waals surface area contributed by atoms with Crippen molar-refractivity contribution in [2.24, 2.45) is 0 Å². The number of rotatable bonds is 5. The first kappa shape index (κ1) is 22.4. The van der Waals surface area contributed by atoms with Crippen LogP contribution in [0.4, 0.5) is 14.6 Å². The molecule has 1 aromatic carbocycles. The van der Waals surface area contributed by atoms with Gasteiger partial charge in [0.2, 0.25) is 0 Å². The van der Waals surface area contributed by atoms with Crippen molar-refractivity contribution in [3.8, 4) is 16.9 Å². The molecule has 168 valence electrons. The summed E-state index contributed by atoms with van der Waals surface area (Å²) < 4.78 is 33.8. The summed E-state index contributed by atoms with van der Waals surface area (Å²) in [6.45, 7) is 2.92. The molecule has 0 bridgehead atoms. The molecule has 3 unspecified atom stereocenters. The van der Waals surface area contributed by atoms with Crippen LogP contribution < -0.4 is 15.8 Å². The van der Waals surface area contributed by atoms with Crippen molar-refractivity contribution in [1.29, 1.82) is 0 Å². The van der Waals surface area contributed by atoms with Crippen LogP contribution >= 0.6 is 11.6 Å². The minimum atomic E-state index is -0.900. The summed E-state index contributed by atoms with van der Waals surface area (Å²) in [5, 5.41) is 12.7. The molecule has 4 rings (SSSR count). The van der Waals surface area contributed by atoms with Gasteiger partial charge in [-0.3, -0.25) is 4.98 Å². The molecule has 0 spiro atoms. The maximum Gasteiger partial charge on any atom is 0.166 e. The topological polar surface area (TPSA) is 93.3 Å². The van der Waals surface area contributed by atoms with Gasteiger partial charge in [0, 0.05) is 53.8 Å². The lowest BCUT2D eigenvalue weighted by atomic mass is 9.93. The largest absolute Gasteiger partial charge is 0.482 e. The number of aromatic nitrogens is 2. The van der Waals surface area contributed by atoms with Crippen LogP contribution in [0.1, 0.15) is 36.6 Å². The summed E-state index contributed by atoms with van der Waals surface area (Å²) in [7, 11) is 0. The number of aliphatic hydroxyl groups is 1. The normalized spacial score (nSPS) is 19.5. The lowest BCUT2D eigenvalue weighted by molar-refractivity contribution is 0.131. The van der Waals surface area contributed by atoms with Crippen LogP contribution in [0.5, 0.6) is 5.75 Å². The second-order valence-corrected chi connectivity index (χ2v) is 8.22. The van der Waals surface area contributed by atoms with Gasteiger partial charge in [-0.15, -0.1) is 0 Å². The predicted molar refractivity (Wildman–Crippen MR) is 119 cm³/mol. The summed E-state index contributed by atoms with van der Waals surface area (Å²) in [6.07, 6.45) is 2.70. The standard InChI is InChI=1S/C23H23ClF2N4O2/c1-12(21-17(25)3-4-18(26)22(21)24)32-20-7-14(10-30-23(20)27)13-2-5-19(29-9-13)15-6-16(31)11-28-8-15/h2-5,7,9-10,12,15-16,28,31H,6,8,11H2,1H3,(H2,27,30). The molecule has 1 fully saturated rings. The number of pyridine rings is 2. The van der Waals surface area contributed by atoms with Gasteiger partial charge < -0.3 is 20.9 Å². The molecule has 1 aliphatic heterocycles. The van der Waals surface area contributed by atoms with Gasteiger partial charge in [-0.25, -0.2) is 13.8 Å². The lowest BCUT2D eigenvalue weighted by Crippen LogP contribution is -2.38. The fraction of sp³-hybridized carbons (Fsp3) is 0.304. The van der Waals surface area contributed by atoms with E-state index in [1.807, 2.05) is 12.1 Å². The minimum absolute atomic E-state index is 0.0919. The van der Waals surface area contributed by atoms with E-state index in [2.05, 4.69) is 15.3 Å². The molecule has 3 heterocycles. The first-order valence-electron chi connectivity index (χ1n) is 10.2. The highest BCUT2D eigenvalue weighted by Crippen LogP contribution is 2.35. The van der Waals surface area contributed by atoms with Crippen LogP contribution in [-0.2, 0) is 0 Å². The summed E-state index contributed by atoms with van der Waals surface area (Å²) in [5.41, 5.74) is 8.24. The Kier molecular flexibility index (Phi) is 6.55. The monoisotopic (exact) mass is 460 g/mol. The molecule has 4 N–H and O–H groups in total. The number of halogens is 3. The van der Waals surface area contributed by atoms with Gasteiger partial charge in [-0.05, 0) is 37.6 Å². The second kappa shape index (κ2) is 9.36. The second-order valence-electron chi connectivity index (χ2n) is 7.84. The van der Waals surface area contributed by atoms with Crippen molar-refractivity contribution in [3.05, 3.63) is 70.6 Å². The van der Waals surface area contributed by atoms with Gasteiger partial charge in [0.15, 0.2) is 11.6 Å². The van der Waals surface area contributed by atoms with Crippen molar-refractivity contribution >= 4 is 17.4 Å². The van der Waals surface area contributed by atoms with E-state index in [0.29, 0.717) is 18.5 Å². The quantitative estimate of drug-likeness (QED) is 0.493. The fourth-order valence-corrected chi connectivity index (χ4v) is 4.14. The van der Waals surface area contributed by atoms with Crippen molar-refractivity contribution in [1.82, 2.24) is 15.3 Å². The number of anilines is 1. The Bertz CT molecular complexity index is 1110. The number of nitrogens with one attached hydrogen (secondary N) is 1. The van der Waals surface area contributed by atoms with E-state index < -0.39 is 17.7 Å². The zero-order valence-electron chi connectivity index (χ0n) is 17.4. The molecule has 9 heteroatoms. The molecule has 3 aromatic rings. The van der Waals surface area contributed by atoms with Crippen LogP contribution in [0.3, 0.4) is 0 Å². The Hall–Kier alpha value is -2.81. The van der Waals surface area contributed by atoms with Crippen LogP contribution in [0.15, 0.2) is 42.7 Å². The number of nitrogens with zero attached hydrogens (tertiary/aromatic N) is 2. The fourth-order valence-electron chi connectivity index (χ4n) is 3.83. The van der Waals surface area contributed by atoms with Gasteiger partial charge in [-0.1, -0.05) is 17.7 Å². The van der Waals surface area contributed by atoms with E-state index in [-0.39, 0.29) is 34.2 Å². The lowest BCUT2D eigenvalue weighted by Gasteiger charge is -2.26. The Morgan fingerprint density at radius 3 is 2.59 bits per heavy atom. The number of β-amino-alcohol motifs (C(OH)–C–C–N with tert-alkyl or cyclic N) is 1. The van der Waals surface area contributed by atoms with Gasteiger partial charge in [0.05, 0.1) is 11.1 Å². The highest BCUT2D eigenvalue weighted by molar-refractivity contribution is 6.31. The average Bonchev–Trinajstić information content (AvgIpc) is 2.78. The Morgan fingerprint density at radius 1 is 1.12 bits per heavy atom. The molecule has 2 aromatic heterocycles. The number of hydrogen-bond acceptors (Lipinski definition) is 6. The first-order chi connectivity index (χ1) is 15.3. The molecule has 0 aliphatic carbocycles. The molecule has 1 saturated heterocycles. The maximum absolute atomic E-state index is 14.2. The van der Waals surface area contributed by atoms with Crippen molar-refractivity contribution < 1.29 is 18.6 Å². The van der Waals surface area contributed by atoms with E-state index in [1.54, 1.807) is 25.4 Å².